The van der Waals surface area contributed by atoms with Gasteiger partial charge in [0.25, 0.3) is 5.91 Å². The highest BCUT2D eigenvalue weighted by molar-refractivity contribution is 5.83. The van der Waals surface area contributed by atoms with Gasteiger partial charge in [0.15, 0.2) is 18.1 Å². The Morgan fingerprint density at radius 3 is 2.90 bits per heavy atom. The predicted molar refractivity (Wildman–Crippen MR) is 111 cm³/mol. The van der Waals surface area contributed by atoms with Gasteiger partial charge in [-0.05, 0) is 49.1 Å². The number of nitrogens with one attached hydrogen (secondary N) is 2. The average molecular weight is 408 g/mol. The van der Waals surface area contributed by atoms with Crippen LogP contribution < -0.4 is 14.8 Å². The highest BCUT2D eigenvalue weighted by Crippen LogP contribution is 2.34. The summed E-state index contributed by atoms with van der Waals surface area (Å²) >= 11 is 0. The lowest BCUT2D eigenvalue weighted by atomic mass is 10.1. The summed E-state index contributed by atoms with van der Waals surface area (Å²) in [5.74, 6) is 0.639. The van der Waals surface area contributed by atoms with E-state index in [1.807, 2.05) is 49.5 Å². The molecule has 0 radical (unpaired) electrons. The number of rotatable bonds is 8. The van der Waals surface area contributed by atoms with Gasteiger partial charge in [0.1, 0.15) is 0 Å². The molecule has 0 fully saturated rings. The summed E-state index contributed by atoms with van der Waals surface area (Å²) in [7, 11) is 0. The van der Waals surface area contributed by atoms with Crippen molar-refractivity contribution in [3.8, 4) is 11.5 Å². The fraction of sp³-hybridized carbons (Fsp3) is 0.304. The standard InChI is InChI=1S/C23H24N2O5/c1-15(16-9-10-20-21(11-16)30-14-29-20)25-22(26)13-28-23(27)8-4-5-17-12-24-19-7-3-2-6-18(17)19/h2-3,6-7,9-12,15,24H,4-5,8,13-14H2,1H3,(H,25,26)/t15-/m0/s1. The summed E-state index contributed by atoms with van der Waals surface area (Å²) in [6.45, 7) is 1.77. The van der Waals surface area contributed by atoms with Gasteiger partial charge in [-0.3, -0.25) is 9.59 Å². The third-order valence-corrected chi connectivity index (χ3v) is 5.14. The minimum Gasteiger partial charge on any atom is -0.456 e. The van der Waals surface area contributed by atoms with Crippen molar-refractivity contribution >= 4 is 22.8 Å². The van der Waals surface area contributed by atoms with Crippen LogP contribution >= 0.6 is 0 Å². The molecule has 30 heavy (non-hydrogen) atoms. The van der Waals surface area contributed by atoms with Gasteiger partial charge in [-0.15, -0.1) is 0 Å². The van der Waals surface area contributed by atoms with Gasteiger partial charge < -0.3 is 24.5 Å². The molecule has 2 N–H and O–H groups in total. The zero-order valence-corrected chi connectivity index (χ0v) is 16.8. The monoisotopic (exact) mass is 408 g/mol. The molecule has 2 heterocycles. The van der Waals surface area contributed by atoms with Crippen molar-refractivity contribution in [1.82, 2.24) is 10.3 Å². The van der Waals surface area contributed by atoms with E-state index >= 15 is 0 Å². The fourth-order valence-electron chi connectivity index (χ4n) is 3.53. The molecular formula is C23H24N2O5. The number of hydrogen-bond donors (Lipinski definition) is 2. The van der Waals surface area contributed by atoms with Gasteiger partial charge in [0.2, 0.25) is 6.79 Å². The SMILES string of the molecule is C[C@H](NC(=O)COC(=O)CCCc1c[nH]c2ccccc12)c1ccc2c(c1)OCO2. The Hall–Kier alpha value is -3.48. The van der Waals surface area contributed by atoms with Gasteiger partial charge in [-0.25, -0.2) is 0 Å². The molecular weight excluding hydrogens is 384 g/mol. The maximum absolute atomic E-state index is 12.1. The largest absolute Gasteiger partial charge is 0.456 e. The fourth-order valence-corrected chi connectivity index (χ4v) is 3.53. The Bertz CT molecular complexity index is 1060. The Morgan fingerprint density at radius 1 is 1.17 bits per heavy atom. The maximum Gasteiger partial charge on any atom is 0.306 e. The van der Waals surface area contributed by atoms with Crippen molar-refractivity contribution in [3.63, 3.8) is 0 Å². The number of H-pyrrole nitrogens is 1. The van der Waals surface area contributed by atoms with Gasteiger partial charge in [0, 0.05) is 23.5 Å². The minimum atomic E-state index is -0.374. The molecule has 7 nitrogen and oxygen atoms in total. The number of benzene rings is 2. The molecule has 2 aromatic carbocycles. The zero-order chi connectivity index (χ0) is 20.9. The molecule has 0 bridgehead atoms. The number of amides is 1. The van der Waals surface area contributed by atoms with Crippen molar-refractivity contribution in [3.05, 3.63) is 59.8 Å². The van der Waals surface area contributed by atoms with E-state index in [0.717, 1.165) is 17.5 Å². The lowest BCUT2D eigenvalue weighted by Crippen LogP contribution is -2.31. The molecule has 156 valence electrons. The molecule has 0 unspecified atom stereocenters. The normalized spacial score (nSPS) is 13.2. The number of para-hydroxylation sites is 1. The van der Waals surface area contributed by atoms with Crippen molar-refractivity contribution in [1.29, 1.82) is 0 Å². The third-order valence-electron chi connectivity index (χ3n) is 5.14. The van der Waals surface area contributed by atoms with Gasteiger partial charge in [-0.2, -0.15) is 0 Å². The topological polar surface area (TPSA) is 89.7 Å². The van der Waals surface area contributed by atoms with E-state index in [-0.39, 0.29) is 37.7 Å². The lowest BCUT2D eigenvalue weighted by Gasteiger charge is -2.15. The summed E-state index contributed by atoms with van der Waals surface area (Å²) in [5, 5.41) is 3.99. The van der Waals surface area contributed by atoms with E-state index in [2.05, 4.69) is 16.4 Å². The van der Waals surface area contributed by atoms with Gasteiger partial charge in [-0.1, -0.05) is 24.3 Å². The molecule has 1 aliphatic heterocycles. The first-order chi connectivity index (χ1) is 14.6. The van der Waals surface area contributed by atoms with E-state index in [1.165, 1.54) is 10.9 Å². The van der Waals surface area contributed by atoms with Crippen LogP contribution in [-0.2, 0) is 20.7 Å². The van der Waals surface area contributed by atoms with Crippen molar-refractivity contribution < 1.29 is 23.8 Å². The summed E-state index contributed by atoms with van der Waals surface area (Å²) < 4.78 is 15.8. The van der Waals surface area contributed by atoms with Crippen LogP contribution in [0.5, 0.6) is 11.5 Å². The van der Waals surface area contributed by atoms with Crippen LogP contribution in [0, 0.1) is 0 Å². The number of carbonyl (C=O) groups is 2. The van der Waals surface area contributed by atoms with E-state index < -0.39 is 0 Å². The number of aromatic nitrogens is 1. The molecule has 1 aliphatic rings. The molecule has 0 saturated carbocycles. The predicted octanol–water partition coefficient (Wildman–Crippen LogP) is 3.64. The second kappa shape index (κ2) is 8.90. The van der Waals surface area contributed by atoms with E-state index in [4.69, 9.17) is 14.2 Å². The van der Waals surface area contributed by atoms with Gasteiger partial charge in [0.05, 0.1) is 6.04 Å². The Kier molecular flexibility index (Phi) is 5.88. The highest BCUT2D eigenvalue weighted by Gasteiger charge is 2.17. The molecule has 7 heteroatoms. The number of fused-ring (bicyclic) bond motifs is 2. The Balaban J connectivity index is 1.18. The summed E-state index contributed by atoms with van der Waals surface area (Å²) in [6.07, 6.45) is 3.67. The van der Waals surface area contributed by atoms with Crippen LogP contribution in [0.1, 0.15) is 36.9 Å². The van der Waals surface area contributed by atoms with Crippen LogP contribution in [-0.4, -0.2) is 30.3 Å². The van der Waals surface area contributed by atoms with Gasteiger partial charge >= 0.3 is 5.97 Å². The quantitative estimate of drug-likeness (QED) is 0.556. The maximum atomic E-state index is 12.1. The second-order valence-electron chi connectivity index (χ2n) is 7.28. The zero-order valence-electron chi connectivity index (χ0n) is 16.8. The number of carbonyl (C=O) groups excluding carboxylic acids is 2. The van der Waals surface area contributed by atoms with Crippen LogP contribution in [0.4, 0.5) is 0 Å². The van der Waals surface area contributed by atoms with Crippen LogP contribution in [0.15, 0.2) is 48.7 Å². The Labute approximate surface area is 174 Å². The number of ether oxygens (including phenoxy) is 3. The molecule has 1 amide bonds. The smallest absolute Gasteiger partial charge is 0.306 e. The summed E-state index contributed by atoms with van der Waals surface area (Å²) in [5.41, 5.74) is 3.15. The van der Waals surface area contributed by atoms with E-state index in [1.54, 1.807) is 0 Å². The van der Waals surface area contributed by atoms with Crippen molar-refractivity contribution in [2.75, 3.05) is 13.4 Å². The highest BCUT2D eigenvalue weighted by atomic mass is 16.7. The molecule has 0 spiro atoms. The third kappa shape index (κ3) is 4.56. The van der Waals surface area contributed by atoms with Crippen molar-refractivity contribution in [2.45, 2.75) is 32.2 Å². The number of aryl methyl sites for hydroxylation is 1. The van der Waals surface area contributed by atoms with E-state index in [9.17, 15) is 9.59 Å². The Morgan fingerprint density at radius 2 is 2.00 bits per heavy atom. The molecule has 1 atom stereocenters. The molecule has 0 saturated heterocycles. The van der Waals surface area contributed by atoms with Crippen molar-refractivity contribution in [2.24, 2.45) is 0 Å². The average Bonchev–Trinajstić information content (AvgIpc) is 3.39. The molecule has 1 aromatic heterocycles. The van der Waals surface area contributed by atoms with Crippen LogP contribution in [0.2, 0.25) is 0 Å². The molecule has 3 aromatic rings. The first-order valence-corrected chi connectivity index (χ1v) is 9.99. The van der Waals surface area contributed by atoms with Crippen LogP contribution in [0.3, 0.4) is 0 Å². The first kappa shape index (κ1) is 19.8. The van der Waals surface area contributed by atoms with Crippen LogP contribution in [0.25, 0.3) is 10.9 Å². The lowest BCUT2D eigenvalue weighted by molar-refractivity contribution is -0.148. The first-order valence-electron chi connectivity index (χ1n) is 9.99. The summed E-state index contributed by atoms with van der Waals surface area (Å²) in [4.78, 5) is 27.3. The minimum absolute atomic E-state index is 0.204. The summed E-state index contributed by atoms with van der Waals surface area (Å²) in [6, 6.07) is 13.3. The second-order valence-corrected chi connectivity index (χ2v) is 7.28. The number of aromatic amines is 1. The number of hydrogen-bond acceptors (Lipinski definition) is 5. The van der Waals surface area contributed by atoms with E-state index in [0.29, 0.717) is 17.9 Å². The number of esters is 1. The molecule has 0 aliphatic carbocycles. The molecule has 4 rings (SSSR count).